The molecule has 1 atom stereocenters. The standard InChI is InChI=1S/C26H25ClN2O2/c1-15-9-16(2)23-20(10-15)13-26(14-28-23,21-7-5-6-8-22(21)27)29-25(31)19-11-17(3)24(30)18(4)12-19/h5-13,30H,14H2,1-4H3,(H,29,31). The van der Waals surface area contributed by atoms with Crippen LogP contribution in [-0.4, -0.2) is 17.6 Å². The van der Waals surface area contributed by atoms with Crippen LogP contribution < -0.4 is 15.9 Å². The van der Waals surface area contributed by atoms with Crippen LogP contribution in [0.4, 0.5) is 0 Å². The van der Waals surface area contributed by atoms with Gasteiger partial charge in [-0.15, -0.1) is 0 Å². The molecule has 4 rings (SSSR count). The average Bonchev–Trinajstić information content (AvgIpc) is 2.71. The summed E-state index contributed by atoms with van der Waals surface area (Å²) in [6.45, 7) is 8.01. The number of halogens is 1. The Morgan fingerprint density at radius 2 is 1.71 bits per heavy atom. The number of hydrogen-bond acceptors (Lipinski definition) is 3. The highest BCUT2D eigenvalue weighted by molar-refractivity contribution is 6.31. The third kappa shape index (κ3) is 3.84. The minimum absolute atomic E-state index is 0.205. The van der Waals surface area contributed by atoms with Crippen molar-refractivity contribution in [1.82, 2.24) is 5.32 Å². The van der Waals surface area contributed by atoms with Crippen molar-refractivity contribution < 1.29 is 9.90 Å². The van der Waals surface area contributed by atoms with Gasteiger partial charge in [0.15, 0.2) is 0 Å². The lowest BCUT2D eigenvalue weighted by Crippen LogP contribution is -2.52. The van der Waals surface area contributed by atoms with Gasteiger partial charge in [-0.1, -0.05) is 47.5 Å². The van der Waals surface area contributed by atoms with Crippen molar-refractivity contribution >= 4 is 23.6 Å². The summed E-state index contributed by atoms with van der Waals surface area (Å²) in [6, 6.07) is 15.1. The number of amides is 1. The van der Waals surface area contributed by atoms with Gasteiger partial charge in [0.2, 0.25) is 0 Å². The number of nitrogens with one attached hydrogen (secondary N) is 1. The van der Waals surface area contributed by atoms with Crippen molar-refractivity contribution in [2.45, 2.75) is 33.2 Å². The molecule has 0 fully saturated rings. The highest BCUT2D eigenvalue weighted by Crippen LogP contribution is 2.32. The van der Waals surface area contributed by atoms with Crippen molar-refractivity contribution in [3.8, 4) is 5.75 Å². The number of carbonyl (C=O) groups excluding carboxylic acids is 1. The molecule has 5 heteroatoms. The fourth-order valence-electron chi connectivity index (χ4n) is 4.32. The zero-order valence-corrected chi connectivity index (χ0v) is 18.8. The molecular formula is C26H25ClN2O2. The predicted molar refractivity (Wildman–Crippen MR) is 124 cm³/mol. The van der Waals surface area contributed by atoms with Crippen LogP contribution in [0, 0.1) is 27.7 Å². The van der Waals surface area contributed by atoms with Gasteiger partial charge in [0.05, 0.1) is 11.9 Å². The van der Waals surface area contributed by atoms with Gasteiger partial charge < -0.3 is 10.4 Å². The minimum Gasteiger partial charge on any atom is -0.507 e. The Morgan fingerprint density at radius 1 is 1.03 bits per heavy atom. The first kappa shape index (κ1) is 21.1. The molecule has 1 unspecified atom stereocenters. The highest BCUT2D eigenvalue weighted by Gasteiger charge is 2.35. The van der Waals surface area contributed by atoms with E-state index in [0.29, 0.717) is 28.3 Å². The molecule has 2 N–H and O–H groups in total. The Hall–Kier alpha value is -3.11. The van der Waals surface area contributed by atoms with E-state index in [1.807, 2.05) is 38.1 Å². The topological polar surface area (TPSA) is 61.7 Å². The molecule has 31 heavy (non-hydrogen) atoms. The zero-order chi connectivity index (χ0) is 22.3. The number of phenolic OH excluding ortho intramolecular Hbond substituents is 1. The van der Waals surface area contributed by atoms with Crippen molar-refractivity contribution in [3.63, 3.8) is 0 Å². The number of fused-ring (bicyclic) bond motifs is 1. The molecule has 1 aliphatic rings. The van der Waals surface area contributed by atoms with E-state index < -0.39 is 5.54 Å². The predicted octanol–water partition coefficient (Wildman–Crippen LogP) is 4.02. The van der Waals surface area contributed by atoms with Gasteiger partial charge >= 0.3 is 0 Å². The average molecular weight is 433 g/mol. The number of aryl methyl sites for hydroxylation is 4. The largest absolute Gasteiger partial charge is 0.507 e. The smallest absolute Gasteiger partial charge is 0.252 e. The van der Waals surface area contributed by atoms with E-state index in [0.717, 1.165) is 27.3 Å². The fraction of sp³-hybridized carbons (Fsp3) is 0.231. The molecule has 3 aromatic carbocycles. The first-order chi connectivity index (χ1) is 14.7. The van der Waals surface area contributed by atoms with Gasteiger partial charge in [0.25, 0.3) is 5.91 Å². The number of phenols is 1. The van der Waals surface area contributed by atoms with Crippen molar-refractivity contribution in [1.29, 1.82) is 0 Å². The van der Waals surface area contributed by atoms with E-state index in [-0.39, 0.29) is 11.7 Å². The van der Waals surface area contributed by atoms with Crippen LogP contribution in [0.15, 0.2) is 53.5 Å². The summed E-state index contributed by atoms with van der Waals surface area (Å²) in [5.74, 6) is -0.0399. The third-order valence-electron chi connectivity index (χ3n) is 5.81. The summed E-state index contributed by atoms with van der Waals surface area (Å²) >= 11 is 6.59. The molecular weight excluding hydrogens is 408 g/mol. The van der Waals surface area contributed by atoms with Gasteiger partial charge in [-0.2, -0.15) is 0 Å². The van der Waals surface area contributed by atoms with E-state index in [2.05, 4.69) is 23.5 Å². The summed E-state index contributed by atoms with van der Waals surface area (Å²) in [5.41, 5.74) is 3.95. The summed E-state index contributed by atoms with van der Waals surface area (Å²) in [5, 5.41) is 15.8. The lowest BCUT2D eigenvalue weighted by molar-refractivity contribution is 0.0922. The van der Waals surface area contributed by atoms with E-state index in [4.69, 9.17) is 16.6 Å². The van der Waals surface area contributed by atoms with E-state index in [9.17, 15) is 9.90 Å². The van der Waals surface area contributed by atoms with E-state index in [1.54, 1.807) is 26.0 Å². The lowest BCUT2D eigenvalue weighted by atomic mass is 9.86. The van der Waals surface area contributed by atoms with Crippen LogP contribution in [0.5, 0.6) is 5.75 Å². The number of benzene rings is 3. The summed E-state index contributed by atoms with van der Waals surface area (Å²) in [7, 11) is 0. The van der Waals surface area contributed by atoms with Crippen molar-refractivity contribution in [2.24, 2.45) is 4.99 Å². The number of carbonyl (C=O) groups is 1. The van der Waals surface area contributed by atoms with Crippen LogP contribution in [0.3, 0.4) is 0 Å². The maximum atomic E-state index is 13.4. The Bertz CT molecular complexity index is 1310. The molecule has 1 amide bonds. The highest BCUT2D eigenvalue weighted by atomic mass is 35.5. The van der Waals surface area contributed by atoms with Crippen molar-refractivity contribution in [2.75, 3.05) is 6.54 Å². The Kier molecular flexibility index (Phi) is 5.36. The molecule has 4 nitrogen and oxygen atoms in total. The van der Waals surface area contributed by atoms with Crippen LogP contribution in [0.1, 0.15) is 38.2 Å². The second kappa shape index (κ2) is 7.86. The van der Waals surface area contributed by atoms with Gasteiger partial charge in [-0.3, -0.25) is 9.79 Å². The maximum absolute atomic E-state index is 13.4. The number of hydrogen-bond donors (Lipinski definition) is 2. The summed E-state index contributed by atoms with van der Waals surface area (Å²) < 4.78 is 0. The molecule has 1 aliphatic heterocycles. The molecule has 0 aromatic heterocycles. The van der Waals surface area contributed by atoms with Crippen molar-refractivity contribution in [3.05, 3.63) is 97.5 Å². The van der Waals surface area contributed by atoms with Crippen LogP contribution in [-0.2, 0) is 5.54 Å². The van der Waals surface area contributed by atoms with Crippen LogP contribution in [0.2, 0.25) is 5.02 Å². The Morgan fingerprint density at radius 3 is 2.39 bits per heavy atom. The number of nitrogens with zero attached hydrogens (tertiary/aromatic N) is 1. The molecule has 0 aliphatic carbocycles. The van der Waals surface area contributed by atoms with Gasteiger partial charge in [0, 0.05) is 16.1 Å². The second-order valence-corrected chi connectivity index (χ2v) is 8.75. The monoisotopic (exact) mass is 432 g/mol. The Labute approximate surface area is 186 Å². The first-order valence-corrected chi connectivity index (χ1v) is 10.6. The van der Waals surface area contributed by atoms with Crippen LogP contribution >= 0.6 is 11.6 Å². The molecule has 1 heterocycles. The zero-order valence-electron chi connectivity index (χ0n) is 18.1. The third-order valence-corrected chi connectivity index (χ3v) is 6.14. The molecule has 0 bridgehead atoms. The molecule has 3 aromatic rings. The second-order valence-electron chi connectivity index (χ2n) is 8.34. The Balaban J connectivity index is 1.88. The van der Waals surface area contributed by atoms with Gasteiger partial charge in [0.1, 0.15) is 11.3 Å². The maximum Gasteiger partial charge on any atom is 0.252 e. The molecule has 0 saturated carbocycles. The molecule has 0 radical (unpaired) electrons. The van der Waals surface area contributed by atoms with Crippen LogP contribution in [0.25, 0.3) is 6.08 Å². The first-order valence-electron chi connectivity index (χ1n) is 10.2. The molecule has 0 saturated heterocycles. The van der Waals surface area contributed by atoms with Gasteiger partial charge in [-0.05, 0) is 73.9 Å². The lowest BCUT2D eigenvalue weighted by Gasteiger charge is -2.34. The fourth-order valence-corrected chi connectivity index (χ4v) is 4.63. The number of rotatable bonds is 3. The normalized spacial score (nSPS) is 17.3. The van der Waals surface area contributed by atoms with E-state index in [1.165, 1.54) is 0 Å². The van der Waals surface area contributed by atoms with Gasteiger partial charge in [-0.25, -0.2) is 0 Å². The minimum atomic E-state index is -0.887. The molecule has 158 valence electrons. The SMILES string of the molecule is Cc1cc(C)c2c(c1)=CC(NC(=O)c1cc(C)c(O)c(C)c1)(c1ccccc1Cl)CN=2. The quantitative estimate of drug-likeness (QED) is 0.656. The summed E-state index contributed by atoms with van der Waals surface area (Å²) in [6.07, 6.45) is 2.06. The van der Waals surface area contributed by atoms with E-state index >= 15 is 0 Å². The number of aromatic hydroxyl groups is 1. The summed E-state index contributed by atoms with van der Waals surface area (Å²) in [4.78, 5) is 18.2. The molecule has 0 spiro atoms.